The van der Waals surface area contributed by atoms with Crippen molar-refractivity contribution in [2.24, 2.45) is 13.0 Å². The molecule has 0 unspecified atom stereocenters. The van der Waals surface area contributed by atoms with E-state index in [2.05, 4.69) is 20.8 Å². The summed E-state index contributed by atoms with van der Waals surface area (Å²) >= 11 is 1.64. The number of hydrogen-bond acceptors (Lipinski definition) is 5. The van der Waals surface area contributed by atoms with Gasteiger partial charge < -0.3 is 10.1 Å². The van der Waals surface area contributed by atoms with Gasteiger partial charge in [0.15, 0.2) is 0 Å². The Morgan fingerprint density at radius 2 is 2.53 bits per heavy atom. The van der Waals surface area contributed by atoms with Gasteiger partial charge in [0.25, 0.3) is 0 Å². The molecule has 0 bridgehead atoms. The number of aromatic nitrogens is 3. The molecule has 0 spiro atoms. The molecule has 1 N–H and O–H groups in total. The summed E-state index contributed by atoms with van der Waals surface area (Å²) in [7, 11) is 1.94. The fraction of sp³-hybridized carbons (Fsp3) is 0.538. The summed E-state index contributed by atoms with van der Waals surface area (Å²) in [6.07, 6.45) is 5.23. The van der Waals surface area contributed by atoms with E-state index in [1.165, 1.54) is 5.56 Å². The minimum Gasteiger partial charge on any atom is -0.373 e. The van der Waals surface area contributed by atoms with Crippen molar-refractivity contribution in [1.82, 2.24) is 20.1 Å². The highest BCUT2D eigenvalue weighted by Gasteiger charge is 2.30. The number of aryl methyl sites for hydroxylation is 1. The number of thiazole rings is 1. The predicted octanol–water partition coefficient (Wildman–Crippen LogP) is 1.74. The Labute approximate surface area is 116 Å². The smallest absolute Gasteiger partial charge is 0.0896 e. The van der Waals surface area contributed by atoms with Crippen LogP contribution in [-0.4, -0.2) is 27.9 Å². The number of nitrogens with one attached hydrogen (secondary N) is 1. The van der Waals surface area contributed by atoms with Crippen LogP contribution in [0.1, 0.15) is 23.8 Å². The Kier molecular flexibility index (Phi) is 3.91. The highest BCUT2D eigenvalue weighted by molar-refractivity contribution is 7.07. The Balaban J connectivity index is 1.55. The summed E-state index contributed by atoms with van der Waals surface area (Å²) in [6.45, 7) is 2.62. The van der Waals surface area contributed by atoms with Gasteiger partial charge in [-0.15, -0.1) is 11.3 Å². The minimum absolute atomic E-state index is 0.177. The van der Waals surface area contributed by atoms with Crippen molar-refractivity contribution in [3.63, 3.8) is 0 Å². The van der Waals surface area contributed by atoms with Crippen LogP contribution in [0.2, 0.25) is 0 Å². The van der Waals surface area contributed by atoms with Gasteiger partial charge in [-0.2, -0.15) is 5.10 Å². The highest BCUT2D eigenvalue weighted by Crippen LogP contribution is 2.33. The largest absolute Gasteiger partial charge is 0.373 e. The summed E-state index contributed by atoms with van der Waals surface area (Å²) in [6, 6.07) is 0. The number of rotatable bonds is 5. The van der Waals surface area contributed by atoms with Crippen molar-refractivity contribution in [3.05, 3.63) is 34.5 Å². The van der Waals surface area contributed by atoms with Crippen LogP contribution in [0.15, 0.2) is 23.3 Å². The van der Waals surface area contributed by atoms with Gasteiger partial charge in [0.1, 0.15) is 0 Å². The molecule has 3 heterocycles. The maximum atomic E-state index is 5.85. The van der Waals surface area contributed by atoms with Gasteiger partial charge >= 0.3 is 0 Å². The molecule has 2 aromatic rings. The Morgan fingerprint density at radius 1 is 1.58 bits per heavy atom. The van der Waals surface area contributed by atoms with Crippen molar-refractivity contribution in [2.45, 2.75) is 19.1 Å². The fourth-order valence-corrected chi connectivity index (χ4v) is 3.07. The maximum absolute atomic E-state index is 5.85. The lowest BCUT2D eigenvalue weighted by Crippen LogP contribution is -2.24. The van der Waals surface area contributed by atoms with Gasteiger partial charge in [-0.3, -0.25) is 4.68 Å². The van der Waals surface area contributed by atoms with Crippen molar-refractivity contribution in [3.8, 4) is 0 Å². The molecule has 1 fully saturated rings. The minimum atomic E-state index is 0.177. The Bertz CT molecular complexity index is 510. The molecule has 1 saturated heterocycles. The second-order valence-electron chi connectivity index (χ2n) is 4.90. The molecule has 0 amide bonds. The number of nitrogens with zero attached hydrogens (tertiary/aromatic N) is 3. The molecule has 1 aliphatic rings. The third kappa shape index (κ3) is 3.02. The summed E-state index contributed by atoms with van der Waals surface area (Å²) < 4.78 is 7.68. The van der Waals surface area contributed by atoms with E-state index in [9.17, 15) is 0 Å². The Hall–Kier alpha value is -1.24. The van der Waals surface area contributed by atoms with Gasteiger partial charge in [-0.1, -0.05) is 0 Å². The zero-order chi connectivity index (χ0) is 13.1. The van der Waals surface area contributed by atoms with Crippen LogP contribution in [-0.2, 0) is 18.3 Å². The first-order valence-electron chi connectivity index (χ1n) is 6.51. The monoisotopic (exact) mass is 278 g/mol. The molecule has 102 valence electrons. The van der Waals surface area contributed by atoms with Crippen LogP contribution in [0.25, 0.3) is 0 Å². The van der Waals surface area contributed by atoms with E-state index in [1.807, 2.05) is 29.6 Å². The molecule has 5 nitrogen and oxygen atoms in total. The van der Waals surface area contributed by atoms with Gasteiger partial charge in [0, 0.05) is 49.8 Å². The fourth-order valence-electron chi connectivity index (χ4n) is 2.51. The van der Waals surface area contributed by atoms with Gasteiger partial charge in [0.05, 0.1) is 23.5 Å². The summed E-state index contributed by atoms with van der Waals surface area (Å²) in [5, 5.41) is 9.78. The van der Waals surface area contributed by atoms with Crippen molar-refractivity contribution in [1.29, 1.82) is 0 Å². The normalized spacial score (nSPS) is 23.0. The molecule has 0 saturated carbocycles. The lowest BCUT2D eigenvalue weighted by molar-refractivity contribution is 0.0904. The molecule has 2 aromatic heterocycles. The van der Waals surface area contributed by atoms with E-state index in [0.29, 0.717) is 5.92 Å². The first-order chi connectivity index (χ1) is 9.33. The zero-order valence-corrected chi connectivity index (χ0v) is 11.8. The van der Waals surface area contributed by atoms with E-state index >= 15 is 0 Å². The van der Waals surface area contributed by atoms with E-state index in [4.69, 9.17) is 4.74 Å². The summed E-state index contributed by atoms with van der Waals surface area (Å²) in [4.78, 5) is 4.27. The maximum Gasteiger partial charge on any atom is 0.0896 e. The predicted molar refractivity (Wildman–Crippen MR) is 73.8 cm³/mol. The molecule has 2 atom stereocenters. The van der Waals surface area contributed by atoms with Crippen molar-refractivity contribution < 1.29 is 4.74 Å². The molecule has 3 rings (SSSR count). The average Bonchev–Trinajstić information content (AvgIpc) is 3.10. The van der Waals surface area contributed by atoms with Gasteiger partial charge in [-0.05, 0) is 6.42 Å². The van der Waals surface area contributed by atoms with Crippen LogP contribution in [0.3, 0.4) is 0 Å². The average molecular weight is 278 g/mol. The second kappa shape index (κ2) is 5.81. The van der Waals surface area contributed by atoms with Crippen LogP contribution >= 0.6 is 11.3 Å². The van der Waals surface area contributed by atoms with Crippen molar-refractivity contribution >= 4 is 11.3 Å². The quantitative estimate of drug-likeness (QED) is 0.905. The molecular formula is C13H18N4OS. The van der Waals surface area contributed by atoms with E-state index < -0.39 is 0 Å². The third-order valence-electron chi connectivity index (χ3n) is 3.46. The molecule has 1 aliphatic heterocycles. The first-order valence-corrected chi connectivity index (χ1v) is 7.45. The van der Waals surface area contributed by atoms with Crippen LogP contribution < -0.4 is 5.32 Å². The molecule has 19 heavy (non-hydrogen) atoms. The van der Waals surface area contributed by atoms with Crippen LogP contribution in [0.4, 0.5) is 0 Å². The summed E-state index contributed by atoms with van der Waals surface area (Å²) in [5.74, 6) is 0.517. The SMILES string of the molecule is Cn1cc([C@H]2OCC[C@H]2CNCc2cscn2)cn1. The Morgan fingerprint density at radius 3 is 3.26 bits per heavy atom. The summed E-state index contributed by atoms with van der Waals surface area (Å²) in [5.41, 5.74) is 4.16. The number of hydrogen-bond donors (Lipinski definition) is 1. The standard InChI is InChI=1S/C13H18N4OS/c1-17-7-11(5-16-17)13-10(2-3-18-13)4-14-6-12-8-19-9-15-12/h5,7-10,13-14H,2-4,6H2,1H3/t10-,13-/m0/s1. The molecule has 0 radical (unpaired) electrons. The molecule has 0 aromatic carbocycles. The van der Waals surface area contributed by atoms with Crippen LogP contribution in [0, 0.1) is 5.92 Å². The van der Waals surface area contributed by atoms with E-state index in [1.54, 1.807) is 11.3 Å². The van der Waals surface area contributed by atoms with Crippen molar-refractivity contribution in [2.75, 3.05) is 13.2 Å². The van der Waals surface area contributed by atoms with E-state index in [-0.39, 0.29) is 6.10 Å². The number of ether oxygens (including phenoxy) is 1. The van der Waals surface area contributed by atoms with E-state index in [0.717, 1.165) is 31.8 Å². The van der Waals surface area contributed by atoms with Gasteiger partial charge in [0.2, 0.25) is 0 Å². The topological polar surface area (TPSA) is 52.0 Å². The first kappa shape index (κ1) is 12.8. The lowest BCUT2D eigenvalue weighted by atomic mass is 9.97. The zero-order valence-electron chi connectivity index (χ0n) is 11.0. The van der Waals surface area contributed by atoms with Gasteiger partial charge in [-0.25, -0.2) is 4.98 Å². The molecule has 0 aliphatic carbocycles. The lowest BCUT2D eigenvalue weighted by Gasteiger charge is -2.17. The van der Waals surface area contributed by atoms with Crippen LogP contribution in [0.5, 0.6) is 0 Å². The second-order valence-corrected chi connectivity index (χ2v) is 5.62. The molecule has 6 heteroatoms. The highest BCUT2D eigenvalue weighted by atomic mass is 32.1. The third-order valence-corrected chi connectivity index (χ3v) is 4.10. The molecular weight excluding hydrogens is 260 g/mol.